The summed E-state index contributed by atoms with van der Waals surface area (Å²) in [6, 6.07) is 3.04. The lowest BCUT2D eigenvalue weighted by molar-refractivity contribution is -0.116. The van der Waals surface area contributed by atoms with E-state index in [9.17, 15) is 13.2 Å². The number of fused-ring (bicyclic) bond motifs is 1. The molecule has 1 fully saturated rings. The lowest BCUT2D eigenvalue weighted by atomic mass is 10.1. The van der Waals surface area contributed by atoms with Crippen molar-refractivity contribution in [2.75, 3.05) is 34.8 Å². The van der Waals surface area contributed by atoms with Crippen LogP contribution in [0.1, 0.15) is 11.6 Å². The average Bonchev–Trinajstić information content (AvgIpc) is 2.65. The zero-order chi connectivity index (χ0) is 14.5. The molecule has 108 valence electrons. The fourth-order valence-corrected chi connectivity index (χ4v) is 4.30. The topological polar surface area (TPSA) is 92.5 Å². The number of nitrogens with zero attached hydrogens (tertiary/aromatic N) is 1. The number of sulfone groups is 1. The molecule has 2 aliphatic rings. The molecule has 0 aromatic heterocycles. The number of halogens is 1. The zero-order valence-electron chi connectivity index (χ0n) is 10.6. The van der Waals surface area contributed by atoms with E-state index in [4.69, 9.17) is 5.73 Å². The highest BCUT2D eigenvalue weighted by Gasteiger charge is 2.30. The van der Waals surface area contributed by atoms with E-state index in [2.05, 4.69) is 21.2 Å². The summed E-state index contributed by atoms with van der Waals surface area (Å²) in [5.41, 5.74) is 8.14. The van der Waals surface area contributed by atoms with Crippen molar-refractivity contribution in [3.8, 4) is 0 Å². The molecule has 1 amide bonds. The Hall–Kier alpha value is -1.12. The smallest absolute Gasteiger partial charge is 0.245 e. The van der Waals surface area contributed by atoms with Crippen LogP contribution in [0.25, 0.3) is 0 Å². The van der Waals surface area contributed by atoms with Crippen LogP contribution < -0.4 is 16.0 Å². The van der Waals surface area contributed by atoms with E-state index >= 15 is 0 Å². The standard InChI is InChI=1S/C12H14BrN3O3S/c13-8-5-7-9(15-12(17)11(7)14)6-10(8)16-1-3-20(18,19)4-2-16/h5-6,11H,1-4,14H2,(H,15,17). The van der Waals surface area contributed by atoms with Gasteiger partial charge in [-0.3, -0.25) is 4.79 Å². The molecule has 2 aliphatic heterocycles. The number of hydrogen-bond donors (Lipinski definition) is 2. The maximum atomic E-state index is 11.6. The predicted molar refractivity (Wildman–Crippen MR) is 80.6 cm³/mol. The predicted octanol–water partition coefficient (Wildman–Crippen LogP) is 0.636. The summed E-state index contributed by atoms with van der Waals surface area (Å²) in [5.74, 6) is 0.0930. The third kappa shape index (κ3) is 2.32. The number of nitrogens with two attached hydrogens (primary N) is 1. The lowest BCUT2D eigenvalue weighted by Crippen LogP contribution is -2.40. The highest BCUT2D eigenvalue weighted by molar-refractivity contribution is 9.10. The minimum Gasteiger partial charge on any atom is -0.369 e. The van der Waals surface area contributed by atoms with Gasteiger partial charge < -0.3 is 16.0 Å². The average molecular weight is 360 g/mol. The van der Waals surface area contributed by atoms with Gasteiger partial charge in [0.15, 0.2) is 9.84 Å². The van der Waals surface area contributed by atoms with E-state index in [0.29, 0.717) is 18.8 Å². The summed E-state index contributed by atoms with van der Waals surface area (Å²) in [7, 11) is -2.91. The van der Waals surface area contributed by atoms with E-state index in [1.807, 2.05) is 17.0 Å². The van der Waals surface area contributed by atoms with Gasteiger partial charge in [0.05, 0.1) is 17.2 Å². The van der Waals surface area contributed by atoms with Crippen molar-refractivity contribution in [2.45, 2.75) is 6.04 Å². The lowest BCUT2D eigenvalue weighted by Gasteiger charge is -2.30. The van der Waals surface area contributed by atoms with Crippen LogP contribution in [0.15, 0.2) is 16.6 Å². The van der Waals surface area contributed by atoms with Crippen molar-refractivity contribution in [2.24, 2.45) is 5.73 Å². The first-order valence-corrected chi connectivity index (χ1v) is 8.84. The number of carbonyl (C=O) groups is 1. The number of hydrogen-bond acceptors (Lipinski definition) is 5. The van der Waals surface area contributed by atoms with Crippen LogP contribution in [0.3, 0.4) is 0 Å². The molecule has 1 unspecified atom stereocenters. The number of nitrogens with one attached hydrogen (secondary N) is 1. The van der Waals surface area contributed by atoms with E-state index in [-0.39, 0.29) is 17.4 Å². The van der Waals surface area contributed by atoms with Crippen LogP contribution >= 0.6 is 15.9 Å². The third-order valence-corrected chi connectivity index (χ3v) is 5.92. The molecular formula is C12H14BrN3O3S. The van der Waals surface area contributed by atoms with Gasteiger partial charge in [-0.15, -0.1) is 0 Å². The van der Waals surface area contributed by atoms with Gasteiger partial charge in [0.25, 0.3) is 0 Å². The highest BCUT2D eigenvalue weighted by atomic mass is 79.9. The second-order valence-electron chi connectivity index (χ2n) is 5.00. The summed E-state index contributed by atoms with van der Waals surface area (Å²) in [6.07, 6.45) is 0. The summed E-state index contributed by atoms with van der Waals surface area (Å²) in [6.45, 7) is 0.916. The first kappa shape index (κ1) is 13.8. The third-order valence-electron chi connectivity index (χ3n) is 3.68. The molecule has 3 N–H and O–H groups in total. The van der Waals surface area contributed by atoms with Crippen molar-refractivity contribution in [1.82, 2.24) is 0 Å². The minimum atomic E-state index is -2.91. The SMILES string of the molecule is NC1C(=O)Nc2cc(N3CCS(=O)(=O)CC3)c(Br)cc21. The van der Waals surface area contributed by atoms with Crippen molar-refractivity contribution >= 4 is 43.0 Å². The van der Waals surface area contributed by atoms with Crippen molar-refractivity contribution in [3.05, 3.63) is 22.2 Å². The van der Waals surface area contributed by atoms with Gasteiger partial charge in [-0.25, -0.2) is 8.42 Å². The summed E-state index contributed by atoms with van der Waals surface area (Å²) in [4.78, 5) is 13.6. The first-order valence-electron chi connectivity index (χ1n) is 6.23. The molecule has 20 heavy (non-hydrogen) atoms. The van der Waals surface area contributed by atoms with Crippen LogP contribution in [0, 0.1) is 0 Å². The Morgan fingerprint density at radius 2 is 1.95 bits per heavy atom. The van der Waals surface area contributed by atoms with E-state index in [1.54, 1.807) is 0 Å². The fraction of sp³-hybridized carbons (Fsp3) is 0.417. The van der Waals surface area contributed by atoms with Crippen LogP contribution in [0.2, 0.25) is 0 Å². The molecule has 0 aliphatic carbocycles. The number of rotatable bonds is 1. The van der Waals surface area contributed by atoms with Gasteiger partial charge in [-0.1, -0.05) is 0 Å². The maximum absolute atomic E-state index is 11.6. The van der Waals surface area contributed by atoms with Gasteiger partial charge in [0.1, 0.15) is 6.04 Å². The molecule has 0 bridgehead atoms. The molecule has 3 rings (SSSR count). The quantitative estimate of drug-likeness (QED) is 0.767. The van der Waals surface area contributed by atoms with E-state index < -0.39 is 15.9 Å². The van der Waals surface area contributed by atoms with Crippen LogP contribution in [0.5, 0.6) is 0 Å². The summed E-state index contributed by atoms with van der Waals surface area (Å²) < 4.78 is 23.8. The summed E-state index contributed by atoms with van der Waals surface area (Å²) >= 11 is 3.48. The molecule has 0 spiro atoms. The number of benzene rings is 1. The molecule has 0 saturated carbocycles. The molecule has 1 saturated heterocycles. The number of carbonyl (C=O) groups excluding carboxylic acids is 1. The van der Waals surface area contributed by atoms with Gasteiger partial charge >= 0.3 is 0 Å². The van der Waals surface area contributed by atoms with Crippen LogP contribution in [-0.4, -0.2) is 38.9 Å². The van der Waals surface area contributed by atoms with E-state index in [1.165, 1.54) is 0 Å². The Morgan fingerprint density at radius 3 is 2.60 bits per heavy atom. The van der Waals surface area contributed by atoms with Crippen molar-refractivity contribution in [1.29, 1.82) is 0 Å². The van der Waals surface area contributed by atoms with Gasteiger partial charge in [0.2, 0.25) is 5.91 Å². The van der Waals surface area contributed by atoms with Crippen molar-refractivity contribution in [3.63, 3.8) is 0 Å². The Morgan fingerprint density at radius 1 is 1.30 bits per heavy atom. The minimum absolute atomic E-state index is 0.155. The molecule has 0 radical (unpaired) electrons. The molecule has 8 heteroatoms. The maximum Gasteiger partial charge on any atom is 0.245 e. The fourth-order valence-electron chi connectivity index (χ4n) is 2.49. The zero-order valence-corrected chi connectivity index (χ0v) is 13.0. The monoisotopic (exact) mass is 359 g/mol. The molecule has 2 heterocycles. The second-order valence-corrected chi connectivity index (χ2v) is 8.15. The van der Waals surface area contributed by atoms with E-state index in [0.717, 1.165) is 15.7 Å². The molecule has 1 aromatic carbocycles. The highest BCUT2D eigenvalue weighted by Crippen LogP contribution is 2.38. The first-order chi connectivity index (χ1) is 9.37. The van der Waals surface area contributed by atoms with Crippen molar-refractivity contribution < 1.29 is 13.2 Å². The van der Waals surface area contributed by atoms with Crippen LogP contribution in [-0.2, 0) is 14.6 Å². The molecule has 1 aromatic rings. The normalized spacial score (nSPS) is 24.4. The molecular weight excluding hydrogens is 346 g/mol. The Bertz CT molecular complexity index is 675. The Balaban J connectivity index is 1.93. The van der Waals surface area contributed by atoms with Gasteiger partial charge in [-0.05, 0) is 28.1 Å². The Kier molecular flexibility index (Phi) is 3.26. The van der Waals surface area contributed by atoms with Gasteiger partial charge in [-0.2, -0.15) is 0 Å². The van der Waals surface area contributed by atoms with Gasteiger partial charge in [0, 0.05) is 28.8 Å². The molecule has 1 atom stereocenters. The van der Waals surface area contributed by atoms with Crippen LogP contribution in [0.4, 0.5) is 11.4 Å². The number of anilines is 2. The second kappa shape index (κ2) is 4.71. The summed E-state index contributed by atoms with van der Waals surface area (Å²) in [5, 5.41) is 2.74. The Labute approximate surface area is 125 Å². The largest absolute Gasteiger partial charge is 0.369 e. The molecule has 6 nitrogen and oxygen atoms in total. The number of amides is 1.